The Labute approximate surface area is 102 Å². The Bertz CT molecular complexity index is 431. The maximum Gasteiger partial charge on any atom is 0.325 e. The number of hydrogen-bond donors (Lipinski definition) is 2. The maximum atomic E-state index is 11.6. The van der Waals surface area contributed by atoms with Crippen molar-refractivity contribution in [1.82, 2.24) is 5.32 Å². The van der Waals surface area contributed by atoms with E-state index < -0.39 is 17.9 Å². The van der Waals surface area contributed by atoms with E-state index in [2.05, 4.69) is 21.2 Å². The van der Waals surface area contributed by atoms with Crippen LogP contribution in [-0.4, -0.2) is 23.0 Å². The molecule has 16 heavy (non-hydrogen) atoms. The number of carboxylic acid groups (broad SMARTS) is 1. The summed E-state index contributed by atoms with van der Waals surface area (Å²) in [4.78, 5) is 22.2. The quantitative estimate of drug-likeness (QED) is 0.892. The molecule has 5 heteroatoms. The molecule has 0 fully saturated rings. The molecule has 1 amide bonds. The standard InChI is InChI=1S/C11H12BrNO3/c1-6-3-4-8(5-9(6)12)10(14)13-7(2)11(15)16/h3-5,7H,1-2H3,(H,13,14)(H,15,16)/t7-/m1/s1. The third-order valence-electron chi connectivity index (χ3n) is 2.15. The summed E-state index contributed by atoms with van der Waals surface area (Å²) in [5, 5.41) is 11.0. The van der Waals surface area contributed by atoms with Gasteiger partial charge in [-0.3, -0.25) is 9.59 Å². The predicted octanol–water partition coefficient (Wildman–Crippen LogP) is 1.96. The van der Waals surface area contributed by atoms with Gasteiger partial charge in [-0.1, -0.05) is 22.0 Å². The number of halogens is 1. The Morgan fingerprint density at radius 3 is 2.56 bits per heavy atom. The molecular weight excluding hydrogens is 274 g/mol. The number of hydrogen-bond acceptors (Lipinski definition) is 2. The summed E-state index contributed by atoms with van der Waals surface area (Å²) in [5.74, 6) is -1.45. The first kappa shape index (κ1) is 12.7. The van der Waals surface area contributed by atoms with Crippen LogP contribution in [0.25, 0.3) is 0 Å². The van der Waals surface area contributed by atoms with E-state index in [0.29, 0.717) is 5.56 Å². The van der Waals surface area contributed by atoms with Crippen molar-refractivity contribution < 1.29 is 14.7 Å². The van der Waals surface area contributed by atoms with Crippen LogP contribution in [0.15, 0.2) is 22.7 Å². The van der Waals surface area contributed by atoms with Crippen LogP contribution < -0.4 is 5.32 Å². The van der Waals surface area contributed by atoms with Gasteiger partial charge < -0.3 is 10.4 Å². The monoisotopic (exact) mass is 285 g/mol. The zero-order chi connectivity index (χ0) is 12.3. The number of carboxylic acids is 1. The molecule has 1 rings (SSSR count). The second kappa shape index (κ2) is 5.12. The van der Waals surface area contributed by atoms with Crippen molar-refractivity contribution in [2.24, 2.45) is 0 Å². The molecule has 0 spiro atoms. The lowest BCUT2D eigenvalue weighted by Crippen LogP contribution is -2.38. The molecule has 0 saturated heterocycles. The van der Waals surface area contributed by atoms with Gasteiger partial charge in [0, 0.05) is 10.0 Å². The highest BCUT2D eigenvalue weighted by Crippen LogP contribution is 2.17. The summed E-state index contributed by atoms with van der Waals surface area (Å²) in [6.07, 6.45) is 0. The number of amides is 1. The zero-order valence-electron chi connectivity index (χ0n) is 8.95. The topological polar surface area (TPSA) is 66.4 Å². The van der Waals surface area contributed by atoms with Gasteiger partial charge in [0.05, 0.1) is 0 Å². The fraction of sp³-hybridized carbons (Fsp3) is 0.273. The molecule has 1 aromatic rings. The van der Waals surface area contributed by atoms with Crippen molar-refractivity contribution in [2.75, 3.05) is 0 Å². The second-order valence-electron chi connectivity index (χ2n) is 3.50. The molecule has 0 aliphatic carbocycles. The second-order valence-corrected chi connectivity index (χ2v) is 4.35. The number of aliphatic carboxylic acids is 1. The zero-order valence-corrected chi connectivity index (χ0v) is 10.5. The van der Waals surface area contributed by atoms with Crippen molar-refractivity contribution in [3.8, 4) is 0 Å². The van der Waals surface area contributed by atoms with Gasteiger partial charge in [-0.05, 0) is 31.5 Å². The molecular formula is C11H12BrNO3. The van der Waals surface area contributed by atoms with Crippen LogP contribution in [0.4, 0.5) is 0 Å². The average Bonchev–Trinajstić information content (AvgIpc) is 2.21. The van der Waals surface area contributed by atoms with E-state index in [4.69, 9.17) is 5.11 Å². The lowest BCUT2D eigenvalue weighted by atomic mass is 10.1. The van der Waals surface area contributed by atoms with Gasteiger partial charge in [0.1, 0.15) is 6.04 Å². The van der Waals surface area contributed by atoms with E-state index >= 15 is 0 Å². The highest BCUT2D eigenvalue weighted by atomic mass is 79.9. The molecule has 0 aliphatic heterocycles. The van der Waals surface area contributed by atoms with Crippen molar-refractivity contribution in [2.45, 2.75) is 19.9 Å². The maximum absolute atomic E-state index is 11.6. The number of carbonyl (C=O) groups excluding carboxylic acids is 1. The van der Waals surface area contributed by atoms with E-state index in [1.165, 1.54) is 6.92 Å². The first-order valence-electron chi connectivity index (χ1n) is 4.71. The molecule has 0 radical (unpaired) electrons. The van der Waals surface area contributed by atoms with E-state index in [1.807, 2.05) is 6.92 Å². The van der Waals surface area contributed by atoms with Crippen molar-refractivity contribution in [1.29, 1.82) is 0 Å². The largest absolute Gasteiger partial charge is 0.480 e. The van der Waals surface area contributed by atoms with Gasteiger partial charge in [-0.2, -0.15) is 0 Å². The summed E-state index contributed by atoms with van der Waals surface area (Å²) < 4.78 is 0.822. The Kier molecular flexibility index (Phi) is 4.06. The number of nitrogens with one attached hydrogen (secondary N) is 1. The molecule has 86 valence electrons. The van der Waals surface area contributed by atoms with E-state index in [9.17, 15) is 9.59 Å². The van der Waals surface area contributed by atoms with E-state index in [1.54, 1.807) is 18.2 Å². The van der Waals surface area contributed by atoms with Gasteiger partial charge in [0.25, 0.3) is 5.91 Å². The molecule has 0 unspecified atom stereocenters. The number of benzene rings is 1. The highest BCUT2D eigenvalue weighted by molar-refractivity contribution is 9.10. The molecule has 0 saturated carbocycles. The Morgan fingerprint density at radius 2 is 2.06 bits per heavy atom. The van der Waals surface area contributed by atoms with Gasteiger partial charge in [-0.15, -0.1) is 0 Å². The summed E-state index contributed by atoms with van der Waals surface area (Å²) in [6.45, 7) is 3.33. The molecule has 1 atom stereocenters. The summed E-state index contributed by atoms with van der Waals surface area (Å²) in [7, 11) is 0. The van der Waals surface area contributed by atoms with Crippen molar-refractivity contribution in [3.63, 3.8) is 0 Å². The first-order chi connectivity index (χ1) is 7.41. The molecule has 0 aromatic heterocycles. The number of rotatable bonds is 3. The normalized spacial score (nSPS) is 11.9. The molecule has 4 nitrogen and oxygen atoms in total. The van der Waals surface area contributed by atoms with Crippen LogP contribution >= 0.6 is 15.9 Å². The van der Waals surface area contributed by atoms with Gasteiger partial charge in [0.2, 0.25) is 0 Å². The Hall–Kier alpha value is -1.36. The third-order valence-corrected chi connectivity index (χ3v) is 3.01. The van der Waals surface area contributed by atoms with Crippen molar-refractivity contribution in [3.05, 3.63) is 33.8 Å². The minimum Gasteiger partial charge on any atom is -0.480 e. The fourth-order valence-electron chi connectivity index (χ4n) is 1.08. The Balaban J connectivity index is 2.81. The van der Waals surface area contributed by atoms with Gasteiger partial charge in [-0.25, -0.2) is 0 Å². The molecule has 2 N–H and O–H groups in total. The lowest BCUT2D eigenvalue weighted by molar-refractivity contribution is -0.138. The van der Waals surface area contributed by atoms with Gasteiger partial charge in [0.15, 0.2) is 0 Å². The minimum absolute atomic E-state index is 0.393. The van der Waals surface area contributed by atoms with E-state index in [0.717, 1.165) is 10.0 Å². The molecule has 1 aromatic carbocycles. The van der Waals surface area contributed by atoms with Crippen LogP contribution in [0.2, 0.25) is 0 Å². The van der Waals surface area contributed by atoms with Crippen LogP contribution in [0.1, 0.15) is 22.8 Å². The van der Waals surface area contributed by atoms with Crippen LogP contribution in [-0.2, 0) is 4.79 Å². The third kappa shape index (κ3) is 3.06. The minimum atomic E-state index is -1.06. The highest BCUT2D eigenvalue weighted by Gasteiger charge is 2.15. The smallest absolute Gasteiger partial charge is 0.325 e. The van der Waals surface area contributed by atoms with Crippen LogP contribution in [0.5, 0.6) is 0 Å². The summed E-state index contributed by atoms with van der Waals surface area (Å²) in [5.41, 5.74) is 1.45. The molecule has 0 bridgehead atoms. The van der Waals surface area contributed by atoms with Crippen LogP contribution in [0.3, 0.4) is 0 Å². The molecule has 0 aliphatic rings. The number of carbonyl (C=O) groups is 2. The SMILES string of the molecule is Cc1ccc(C(=O)N[C@H](C)C(=O)O)cc1Br. The lowest BCUT2D eigenvalue weighted by Gasteiger charge is -2.09. The summed E-state index contributed by atoms with van der Waals surface area (Å²) >= 11 is 3.31. The van der Waals surface area contributed by atoms with Crippen LogP contribution in [0, 0.1) is 6.92 Å². The van der Waals surface area contributed by atoms with Crippen molar-refractivity contribution >= 4 is 27.8 Å². The van der Waals surface area contributed by atoms with E-state index in [-0.39, 0.29) is 0 Å². The first-order valence-corrected chi connectivity index (χ1v) is 5.51. The molecule has 0 heterocycles. The summed E-state index contributed by atoms with van der Waals surface area (Å²) in [6, 6.07) is 4.22. The Morgan fingerprint density at radius 1 is 1.44 bits per heavy atom. The predicted molar refractivity (Wildman–Crippen MR) is 63.4 cm³/mol. The van der Waals surface area contributed by atoms with Gasteiger partial charge >= 0.3 is 5.97 Å². The number of aryl methyl sites for hydroxylation is 1. The fourth-order valence-corrected chi connectivity index (χ4v) is 1.45. The average molecular weight is 286 g/mol.